The molecule has 0 bridgehead atoms. The van der Waals surface area contributed by atoms with Gasteiger partial charge in [0.15, 0.2) is 0 Å². The highest BCUT2D eigenvalue weighted by atomic mass is 16.5. The molecule has 0 saturated carbocycles. The fraction of sp³-hybridized carbons (Fsp3) is 0.368. The molecule has 0 aliphatic rings. The summed E-state index contributed by atoms with van der Waals surface area (Å²) in [6.07, 6.45) is 8.67. The van der Waals surface area contributed by atoms with E-state index in [2.05, 4.69) is 85.5 Å². The molecule has 0 saturated heterocycles. The molecule has 3 aromatic rings. The Morgan fingerprint density at radius 1 is 0.628 bits per heavy atom. The molecule has 3 rings (SSSR count). The Morgan fingerprint density at radius 2 is 1.05 bits per heavy atom. The van der Waals surface area contributed by atoms with Gasteiger partial charge < -0.3 is 14.4 Å². The third-order valence-electron chi connectivity index (χ3n) is 7.49. The highest BCUT2D eigenvalue weighted by Crippen LogP contribution is 2.35. The Hall–Kier alpha value is -4.12. The lowest BCUT2D eigenvalue weighted by molar-refractivity contribution is -0.139. The summed E-state index contributed by atoms with van der Waals surface area (Å²) >= 11 is 0. The zero-order valence-corrected chi connectivity index (χ0v) is 26.7. The van der Waals surface area contributed by atoms with Gasteiger partial charge in [0, 0.05) is 28.2 Å². The average molecular weight is 582 g/mol. The van der Waals surface area contributed by atoms with Crippen molar-refractivity contribution < 1.29 is 19.1 Å². The van der Waals surface area contributed by atoms with Crippen molar-refractivity contribution in [2.75, 3.05) is 18.1 Å². The van der Waals surface area contributed by atoms with Gasteiger partial charge >= 0.3 is 11.9 Å². The maximum atomic E-state index is 12.0. The van der Waals surface area contributed by atoms with Crippen molar-refractivity contribution in [2.45, 2.75) is 80.1 Å². The molecule has 0 atom stereocenters. The van der Waals surface area contributed by atoms with Crippen molar-refractivity contribution in [2.24, 2.45) is 0 Å². The molecule has 5 heteroatoms. The van der Waals surface area contributed by atoms with Crippen LogP contribution in [0.3, 0.4) is 0 Å². The SMILES string of the molecule is CC/C=C(\C)C(=O)OCCCc1ccc(N(c2ccc(CCCOC(=O)/C(C)=C/CC)cc2)c2ccc(C)c(C)c2)cc1. The Bertz CT molecular complexity index is 1320. The molecule has 3 aromatic carbocycles. The summed E-state index contributed by atoms with van der Waals surface area (Å²) in [4.78, 5) is 26.3. The van der Waals surface area contributed by atoms with E-state index >= 15 is 0 Å². The number of rotatable bonds is 15. The molecular formula is C38H47NO4. The number of aryl methyl sites for hydroxylation is 4. The summed E-state index contributed by atoms with van der Waals surface area (Å²) in [7, 11) is 0. The predicted octanol–water partition coefficient (Wildman–Crippen LogP) is 9.44. The van der Waals surface area contributed by atoms with Gasteiger partial charge in [-0.2, -0.15) is 0 Å². The minimum absolute atomic E-state index is 0.231. The molecular weight excluding hydrogens is 534 g/mol. The molecule has 5 nitrogen and oxygen atoms in total. The van der Waals surface area contributed by atoms with Crippen molar-refractivity contribution in [3.05, 3.63) is 112 Å². The lowest BCUT2D eigenvalue weighted by Gasteiger charge is -2.26. The molecule has 0 aliphatic heterocycles. The number of hydrogen-bond donors (Lipinski definition) is 0. The highest BCUT2D eigenvalue weighted by molar-refractivity contribution is 5.88. The average Bonchev–Trinajstić information content (AvgIpc) is 3.00. The Morgan fingerprint density at radius 3 is 1.44 bits per heavy atom. The monoisotopic (exact) mass is 581 g/mol. The molecule has 0 aliphatic carbocycles. The number of nitrogens with zero attached hydrogens (tertiary/aromatic N) is 1. The van der Waals surface area contributed by atoms with Crippen LogP contribution in [0.5, 0.6) is 0 Å². The smallest absolute Gasteiger partial charge is 0.333 e. The fourth-order valence-corrected chi connectivity index (χ4v) is 4.82. The van der Waals surface area contributed by atoms with Crippen molar-refractivity contribution in [1.29, 1.82) is 0 Å². The number of ether oxygens (including phenoxy) is 2. The summed E-state index contributed by atoms with van der Waals surface area (Å²) in [5.41, 5.74) is 9.51. The Kier molecular flexibility index (Phi) is 13.3. The highest BCUT2D eigenvalue weighted by Gasteiger charge is 2.14. The van der Waals surface area contributed by atoms with Crippen LogP contribution in [0.15, 0.2) is 90.0 Å². The fourth-order valence-electron chi connectivity index (χ4n) is 4.82. The number of hydrogen-bond acceptors (Lipinski definition) is 5. The molecule has 0 heterocycles. The van der Waals surface area contributed by atoms with E-state index in [-0.39, 0.29) is 11.9 Å². The summed E-state index contributed by atoms with van der Waals surface area (Å²) in [6.45, 7) is 12.7. The quantitative estimate of drug-likeness (QED) is 0.102. The van der Waals surface area contributed by atoms with Crippen molar-refractivity contribution in [3.63, 3.8) is 0 Å². The van der Waals surface area contributed by atoms with Crippen LogP contribution in [-0.2, 0) is 31.9 Å². The zero-order chi connectivity index (χ0) is 31.2. The topological polar surface area (TPSA) is 55.8 Å². The molecule has 0 radical (unpaired) electrons. The standard InChI is InChI=1S/C38H47NO4/c1-7-11-29(4)37(40)42-25-9-13-32-16-21-34(22-17-32)39(36-20-15-28(3)31(6)27-36)35-23-18-33(19-24-35)14-10-26-43-38(41)30(5)12-8-2/h11-12,15-24,27H,7-10,13-14,25-26H2,1-6H3/b29-11+,30-12+. The van der Waals surface area contributed by atoms with E-state index in [1.54, 1.807) is 13.8 Å². The lowest BCUT2D eigenvalue weighted by Crippen LogP contribution is -2.11. The summed E-state index contributed by atoms with van der Waals surface area (Å²) in [5, 5.41) is 0. The van der Waals surface area contributed by atoms with Crippen LogP contribution in [0, 0.1) is 13.8 Å². The van der Waals surface area contributed by atoms with E-state index in [9.17, 15) is 9.59 Å². The number of carbonyl (C=O) groups excluding carboxylic acids is 2. The van der Waals surface area contributed by atoms with Gasteiger partial charge in [0.1, 0.15) is 0 Å². The first kappa shape index (κ1) is 33.4. The van der Waals surface area contributed by atoms with E-state index in [0.717, 1.165) is 55.6 Å². The minimum Gasteiger partial charge on any atom is -0.462 e. The number of benzene rings is 3. The van der Waals surface area contributed by atoms with Crippen LogP contribution in [0.25, 0.3) is 0 Å². The van der Waals surface area contributed by atoms with Gasteiger partial charge in [0.05, 0.1) is 13.2 Å². The predicted molar refractivity (Wildman–Crippen MR) is 177 cm³/mol. The second-order valence-corrected chi connectivity index (χ2v) is 11.0. The first-order valence-corrected chi connectivity index (χ1v) is 15.5. The van der Waals surface area contributed by atoms with Crippen molar-refractivity contribution in [1.82, 2.24) is 0 Å². The summed E-state index contributed by atoms with van der Waals surface area (Å²) in [6, 6.07) is 23.8. The van der Waals surface area contributed by atoms with E-state index in [4.69, 9.17) is 9.47 Å². The van der Waals surface area contributed by atoms with Gasteiger partial charge in [-0.1, -0.05) is 56.3 Å². The van der Waals surface area contributed by atoms with E-state index in [1.807, 2.05) is 26.0 Å². The third kappa shape index (κ3) is 10.3. The third-order valence-corrected chi connectivity index (χ3v) is 7.49. The minimum atomic E-state index is -0.231. The van der Waals surface area contributed by atoms with Crippen LogP contribution >= 0.6 is 0 Å². The number of anilines is 3. The molecule has 228 valence electrons. The zero-order valence-electron chi connectivity index (χ0n) is 26.7. The van der Waals surface area contributed by atoms with Gasteiger partial charge in [0.2, 0.25) is 0 Å². The van der Waals surface area contributed by atoms with Crippen LogP contribution in [-0.4, -0.2) is 25.2 Å². The number of esters is 2. The number of allylic oxidation sites excluding steroid dienone is 2. The molecule has 0 spiro atoms. The maximum Gasteiger partial charge on any atom is 0.333 e. The van der Waals surface area contributed by atoms with E-state index in [0.29, 0.717) is 24.4 Å². The lowest BCUT2D eigenvalue weighted by atomic mass is 10.1. The molecule has 0 fully saturated rings. The Labute approximate surface area is 258 Å². The second-order valence-electron chi connectivity index (χ2n) is 11.0. The Balaban J connectivity index is 1.68. The van der Waals surface area contributed by atoms with Crippen molar-refractivity contribution >= 4 is 29.0 Å². The van der Waals surface area contributed by atoms with Gasteiger partial charge in [-0.05, 0) is 125 Å². The normalized spacial score (nSPS) is 11.8. The molecule has 0 aromatic heterocycles. The summed E-state index contributed by atoms with van der Waals surface area (Å²) < 4.78 is 10.8. The first-order valence-electron chi connectivity index (χ1n) is 15.5. The van der Waals surface area contributed by atoms with Gasteiger partial charge in [-0.25, -0.2) is 9.59 Å². The largest absolute Gasteiger partial charge is 0.462 e. The molecule has 43 heavy (non-hydrogen) atoms. The number of carbonyl (C=O) groups is 2. The molecule has 0 amide bonds. The second kappa shape index (κ2) is 17.1. The van der Waals surface area contributed by atoms with Crippen LogP contribution < -0.4 is 4.90 Å². The maximum absolute atomic E-state index is 12.0. The molecule has 0 N–H and O–H groups in total. The van der Waals surface area contributed by atoms with Gasteiger partial charge in [-0.15, -0.1) is 0 Å². The van der Waals surface area contributed by atoms with Crippen molar-refractivity contribution in [3.8, 4) is 0 Å². The van der Waals surface area contributed by atoms with Gasteiger partial charge in [-0.3, -0.25) is 0 Å². The van der Waals surface area contributed by atoms with E-state index < -0.39 is 0 Å². The van der Waals surface area contributed by atoms with E-state index in [1.165, 1.54) is 22.3 Å². The summed E-state index contributed by atoms with van der Waals surface area (Å²) in [5.74, 6) is -0.462. The first-order chi connectivity index (χ1) is 20.7. The van der Waals surface area contributed by atoms with Crippen LogP contribution in [0.4, 0.5) is 17.1 Å². The van der Waals surface area contributed by atoms with Crippen LogP contribution in [0.2, 0.25) is 0 Å². The molecule has 0 unspecified atom stereocenters. The van der Waals surface area contributed by atoms with Crippen LogP contribution in [0.1, 0.15) is 75.6 Å². The van der Waals surface area contributed by atoms with Gasteiger partial charge in [0.25, 0.3) is 0 Å².